The molecule has 36 heavy (non-hydrogen) atoms. The highest BCUT2D eigenvalue weighted by Gasteiger charge is 2.34. The number of aromatic amines is 1. The average molecular weight is 492 g/mol. The fourth-order valence-corrected chi connectivity index (χ4v) is 5.71. The van der Waals surface area contributed by atoms with E-state index in [0.717, 1.165) is 55.8 Å². The molecule has 5 heterocycles. The van der Waals surface area contributed by atoms with Gasteiger partial charge in [-0.3, -0.25) is 9.78 Å². The molecule has 1 aromatic carbocycles. The lowest BCUT2D eigenvalue weighted by Gasteiger charge is -2.25. The summed E-state index contributed by atoms with van der Waals surface area (Å²) in [6.07, 6.45) is 6.56. The molecule has 6 rings (SSSR count). The third kappa shape index (κ3) is 4.07. The van der Waals surface area contributed by atoms with Crippen molar-refractivity contribution in [2.24, 2.45) is 5.92 Å². The number of amides is 1. The first kappa shape index (κ1) is 22.8. The van der Waals surface area contributed by atoms with E-state index in [9.17, 15) is 9.18 Å². The molecule has 0 radical (unpaired) electrons. The molecule has 4 bridgehead atoms. The van der Waals surface area contributed by atoms with Gasteiger partial charge in [0.1, 0.15) is 5.75 Å². The Kier molecular flexibility index (Phi) is 6.00. The second kappa shape index (κ2) is 9.46. The zero-order valence-electron chi connectivity index (χ0n) is 20.3. The van der Waals surface area contributed by atoms with Crippen molar-refractivity contribution < 1.29 is 18.7 Å². The Labute approximate surface area is 209 Å². The lowest BCUT2D eigenvalue weighted by molar-refractivity contribution is 0.0939. The van der Waals surface area contributed by atoms with Crippen molar-refractivity contribution in [3.63, 3.8) is 0 Å². The molecule has 3 aliphatic heterocycles. The van der Waals surface area contributed by atoms with Gasteiger partial charge in [-0.1, -0.05) is 6.07 Å². The number of carbonyl (C=O) groups excluding carboxylic acids is 1. The number of fused-ring (bicyclic) bond motifs is 5. The highest BCUT2D eigenvalue weighted by molar-refractivity contribution is 6.07. The van der Waals surface area contributed by atoms with E-state index in [1.807, 2.05) is 6.07 Å². The van der Waals surface area contributed by atoms with Crippen molar-refractivity contribution in [2.45, 2.75) is 25.2 Å². The van der Waals surface area contributed by atoms with Crippen LogP contribution in [0.15, 0.2) is 36.7 Å². The number of anilines is 2. The number of nitrogens with one attached hydrogen (secondary N) is 3. The number of halogens is 1. The molecular weight excluding hydrogens is 461 g/mol. The molecular formula is C27H30FN5O3. The normalized spacial score (nSPS) is 23.2. The summed E-state index contributed by atoms with van der Waals surface area (Å²) in [7, 11) is 1.43. The van der Waals surface area contributed by atoms with E-state index in [4.69, 9.17) is 9.47 Å². The Morgan fingerprint density at radius 2 is 2.17 bits per heavy atom. The van der Waals surface area contributed by atoms with Gasteiger partial charge >= 0.3 is 0 Å². The summed E-state index contributed by atoms with van der Waals surface area (Å²) in [5.41, 5.74) is 3.98. The van der Waals surface area contributed by atoms with E-state index in [2.05, 4.69) is 25.5 Å². The Bertz CT molecular complexity index is 1290. The first-order valence-electron chi connectivity index (χ1n) is 12.6. The fourth-order valence-electron chi connectivity index (χ4n) is 5.71. The van der Waals surface area contributed by atoms with E-state index in [0.29, 0.717) is 41.8 Å². The van der Waals surface area contributed by atoms with Crippen molar-refractivity contribution in [1.29, 1.82) is 0 Å². The molecule has 188 valence electrons. The molecule has 1 fully saturated rings. The molecule has 0 spiro atoms. The van der Waals surface area contributed by atoms with Gasteiger partial charge in [0.2, 0.25) is 0 Å². The second-order valence-electron chi connectivity index (χ2n) is 9.80. The van der Waals surface area contributed by atoms with Gasteiger partial charge in [-0.15, -0.1) is 0 Å². The number of nitrogens with zero attached hydrogens (tertiary/aromatic N) is 2. The van der Waals surface area contributed by atoms with Gasteiger partial charge in [0.05, 0.1) is 42.5 Å². The van der Waals surface area contributed by atoms with Crippen LogP contribution in [0.2, 0.25) is 0 Å². The highest BCUT2D eigenvalue weighted by atomic mass is 19.1. The maximum absolute atomic E-state index is 14.5. The zero-order chi connectivity index (χ0) is 24.6. The van der Waals surface area contributed by atoms with Crippen molar-refractivity contribution in [3.05, 3.63) is 53.7 Å². The van der Waals surface area contributed by atoms with Gasteiger partial charge in [0.15, 0.2) is 11.6 Å². The Hall–Kier alpha value is -3.59. The lowest BCUT2D eigenvalue weighted by atomic mass is 9.92. The third-order valence-corrected chi connectivity index (χ3v) is 7.53. The molecule has 0 saturated carbocycles. The van der Waals surface area contributed by atoms with E-state index in [-0.39, 0.29) is 17.6 Å². The molecule has 2 aromatic heterocycles. The maximum Gasteiger partial charge on any atom is 0.255 e. The summed E-state index contributed by atoms with van der Waals surface area (Å²) in [6.45, 7) is 4.36. The number of aromatic nitrogens is 2. The molecule has 3 atom stereocenters. The number of methoxy groups -OCH3 is 1. The molecule has 3 aliphatic rings. The van der Waals surface area contributed by atoms with Crippen molar-refractivity contribution in [2.75, 3.05) is 45.2 Å². The largest absolute Gasteiger partial charge is 0.492 e. The molecule has 3 aromatic rings. The van der Waals surface area contributed by atoms with Gasteiger partial charge < -0.3 is 30.0 Å². The number of H-pyrrole nitrogens is 1. The Morgan fingerprint density at radius 1 is 1.25 bits per heavy atom. The summed E-state index contributed by atoms with van der Waals surface area (Å²) in [4.78, 5) is 23.6. The van der Waals surface area contributed by atoms with E-state index < -0.39 is 5.82 Å². The summed E-state index contributed by atoms with van der Waals surface area (Å²) < 4.78 is 26.2. The minimum absolute atomic E-state index is 0.0911. The van der Waals surface area contributed by atoms with E-state index in [1.54, 1.807) is 24.5 Å². The van der Waals surface area contributed by atoms with Crippen LogP contribution < -0.4 is 20.1 Å². The van der Waals surface area contributed by atoms with Crippen LogP contribution in [0.4, 0.5) is 15.8 Å². The van der Waals surface area contributed by atoms with Crippen LogP contribution in [0.5, 0.6) is 11.5 Å². The monoisotopic (exact) mass is 491 g/mol. The molecule has 0 aliphatic carbocycles. The number of hydrogen-bond donors (Lipinski definition) is 3. The molecule has 8 nitrogen and oxygen atoms in total. The quantitative estimate of drug-likeness (QED) is 0.506. The Balaban J connectivity index is 1.51. The third-order valence-electron chi connectivity index (χ3n) is 7.53. The zero-order valence-corrected chi connectivity index (χ0v) is 20.3. The van der Waals surface area contributed by atoms with Crippen molar-refractivity contribution in [1.82, 2.24) is 20.2 Å². The van der Waals surface area contributed by atoms with Crippen LogP contribution in [0.3, 0.4) is 0 Å². The molecule has 9 heteroatoms. The Morgan fingerprint density at radius 3 is 3.06 bits per heavy atom. The van der Waals surface area contributed by atoms with E-state index >= 15 is 0 Å². The summed E-state index contributed by atoms with van der Waals surface area (Å²) in [6, 6.07) is 6.59. The summed E-state index contributed by atoms with van der Waals surface area (Å²) in [5.74, 6) is 0.720. The standard InChI is InChI=1S/C27H30FN5O3/c1-35-26-19(28)5-2-6-20(26)31-25-22-23-17(12-30-27(22)34)4-3-10-33-11-8-16(14-33)15-36-21-13-29-9-7-18(21)24(25)32-23/h2,5-7,9,13,16-17,31-32H,3-4,8,10-12,14-15H2,1H3,(H,30,34)/t16-,17?/m0/s1. The van der Waals surface area contributed by atoms with Crippen LogP contribution in [0, 0.1) is 11.7 Å². The van der Waals surface area contributed by atoms with E-state index in [1.165, 1.54) is 13.2 Å². The predicted octanol–water partition coefficient (Wildman–Crippen LogP) is 4.29. The molecule has 2 unspecified atom stereocenters. The van der Waals surface area contributed by atoms with Gasteiger partial charge in [0.25, 0.3) is 5.91 Å². The number of benzene rings is 1. The number of rotatable bonds is 3. The number of para-hydroxylation sites is 1. The van der Waals surface area contributed by atoms with Crippen LogP contribution in [0.25, 0.3) is 11.3 Å². The summed E-state index contributed by atoms with van der Waals surface area (Å²) in [5, 5.41) is 6.40. The average Bonchev–Trinajstić information content (AvgIpc) is 3.49. The van der Waals surface area contributed by atoms with Crippen LogP contribution >= 0.6 is 0 Å². The number of carbonyl (C=O) groups is 1. The smallest absolute Gasteiger partial charge is 0.255 e. The summed E-state index contributed by atoms with van der Waals surface area (Å²) >= 11 is 0. The van der Waals surface area contributed by atoms with Crippen LogP contribution in [-0.4, -0.2) is 60.7 Å². The minimum atomic E-state index is -0.479. The molecule has 1 saturated heterocycles. The fraction of sp³-hybridized carbons (Fsp3) is 0.407. The number of ether oxygens (including phenoxy) is 2. The second-order valence-corrected chi connectivity index (χ2v) is 9.80. The highest BCUT2D eigenvalue weighted by Crippen LogP contribution is 2.44. The molecule has 3 N–H and O–H groups in total. The maximum atomic E-state index is 14.5. The van der Waals surface area contributed by atoms with Gasteiger partial charge in [0, 0.05) is 42.4 Å². The van der Waals surface area contributed by atoms with Crippen molar-refractivity contribution >= 4 is 17.3 Å². The van der Waals surface area contributed by atoms with Crippen LogP contribution in [-0.2, 0) is 0 Å². The predicted molar refractivity (Wildman–Crippen MR) is 135 cm³/mol. The molecule has 1 amide bonds. The van der Waals surface area contributed by atoms with Gasteiger partial charge in [-0.2, -0.15) is 0 Å². The first-order valence-corrected chi connectivity index (χ1v) is 12.6. The van der Waals surface area contributed by atoms with Crippen molar-refractivity contribution in [3.8, 4) is 22.8 Å². The topological polar surface area (TPSA) is 91.5 Å². The van der Waals surface area contributed by atoms with Crippen LogP contribution in [0.1, 0.15) is 41.2 Å². The number of pyridine rings is 1. The minimum Gasteiger partial charge on any atom is -0.492 e. The first-order chi connectivity index (χ1) is 17.6. The van der Waals surface area contributed by atoms with Gasteiger partial charge in [-0.25, -0.2) is 4.39 Å². The lowest BCUT2D eigenvalue weighted by Crippen LogP contribution is -2.35. The SMILES string of the molecule is COc1c(F)cccc1Nc1c2[nH]c3c1C(=O)NCC3CCCN1CC[C@H](COc3cnccc3-2)C1. The number of hydrogen-bond acceptors (Lipinski definition) is 6. The van der Waals surface area contributed by atoms with Gasteiger partial charge in [-0.05, 0) is 50.6 Å².